The predicted molar refractivity (Wildman–Crippen MR) is 108 cm³/mol. The highest BCUT2D eigenvalue weighted by molar-refractivity contribution is 5.83. The Morgan fingerprint density at radius 3 is 2.46 bits per heavy atom. The molecule has 1 aliphatic rings. The van der Waals surface area contributed by atoms with E-state index in [0.717, 1.165) is 22.4 Å². The van der Waals surface area contributed by atoms with Gasteiger partial charge >= 0.3 is 0 Å². The molecule has 0 saturated heterocycles. The van der Waals surface area contributed by atoms with Crippen molar-refractivity contribution < 1.29 is 4.79 Å². The Morgan fingerprint density at radius 2 is 1.75 bits per heavy atom. The Bertz CT molecular complexity index is 1030. The van der Waals surface area contributed by atoms with E-state index < -0.39 is 0 Å². The molecular formula is C23H23N3O2. The van der Waals surface area contributed by atoms with Gasteiger partial charge in [-0.1, -0.05) is 60.7 Å². The lowest BCUT2D eigenvalue weighted by Gasteiger charge is -2.30. The van der Waals surface area contributed by atoms with Crippen LogP contribution in [0.4, 0.5) is 0 Å². The Morgan fingerprint density at radius 1 is 1.07 bits per heavy atom. The Hall–Kier alpha value is -3.21. The van der Waals surface area contributed by atoms with Crippen molar-refractivity contribution in [3.63, 3.8) is 0 Å². The van der Waals surface area contributed by atoms with Crippen LogP contribution in [0, 0.1) is 0 Å². The van der Waals surface area contributed by atoms with Gasteiger partial charge in [-0.3, -0.25) is 9.59 Å². The molecule has 0 unspecified atom stereocenters. The number of carbonyl (C=O) groups is 1. The number of hydrogen-bond acceptors (Lipinski definition) is 3. The average Bonchev–Trinajstić information content (AvgIpc) is 2.74. The molecule has 0 spiro atoms. The number of rotatable bonds is 4. The highest BCUT2D eigenvalue weighted by atomic mass is 16.2. The van der Waals surface area contributed by atoms with Crippen molar-refractivity contribution in [1.82, 2.24) is 14.7 Å². The minimum absolute atomic E-state index is 0.0883. The van der Waals surface area contributed by atoms with Gasteiger partial charge in [-0.15, -0.1) is 0 Å². The van der Waals surface area contributed by atoms with Crippen LogP contribution in [0.1, 0.15) is 35.2 Å². The van der Waals surface area contributed by atoms with E-state index >= 15 is 0 Å². The summed E-state index contributed by atoms with van der Waals surface area (Å²) in [7, 11) is 0. The Labute approximate surface area is 164 Å². The topological polar surface area (TPSA) is 55.2 Å². The Balaban J connectivity index is 1.52. The second-order valence-corrected chi connectivity index (χ2v) is 7.24. The largest absolute Gasteiger partial charge is 0.337 e. The van der Waals surface area contributed by atoms with Gasteiger partial charge in [-0.25, -0.2) is 4.68 Å². The summed E-state index contributed by atoms with van der Waals surface area (Å²) in [5, 5.41) is 4.57. The van der Waals surface area contributed by atoms with Gasteiger partial charge in [0, 0.05) is 31.1 Å². The number of fused-ring (bicyclic) bond motifs is 1. The standard InChI is InChI=1S/C23H23N3O2/c1-17(19-10-6-3-7-11-19)23(28)25-13-12-21-20(16-25)14-22(27)26(24-21)15-18-8-4-2-5-9-18/h2-11,14,17H,12-13,15-16H2,1H3/t17-/m0/s1. The number of aromatic nitrogens is 2. The number of hydrogen-bond donors (Lipinski definition) is 0. The third-order valence-electron chi connectivity index (χ3n) is 5.30. The molecule has 5 heteroatoms. The molecule has 2 aromatic carbocycles. The lowest BCUT2D eigenvalue weighted by atomic mass is 9.98. The second kappa shape index (κ2) is 7.80. The van der Waals surface area contributed by atoms with Gasteiger partial charge in [-0.2, -0.15) is 5.10 Å². The third kappa shape index (κ3) is 3.74. The van der Waals surface area contributed by atoms with Crippen molar-refractivity contribution in [2.24, 2.45) is 0 Å². The molecule has 0 radical (unpaired) electrons. The maximum absolute atomic E-state index is 12.9. The molecule has 0 aliphatic carbocycles. The van der Waals surface area contributed by atoms with Crippen molar-refractivity contribution >= 4 is 5.91 Å². The van der Waals surface area contributed by atoms with Gasteiger partial charge in [0.1, 0.15) is 0 Å². The fourth-order valence-electron chi connectivity index (χ4n) is 3.65. The summed E-state index contributed by atoms with van der Waals surface area (Å²) in [6.07, 6.45) is 0.664. The first kappa shape index (κ1) is 18.2. The van der Waals surface area contributed by atoms with Crippen molar-refractivity contribution in [2.45, 2.75) is 32.4 Å². The maximum Gasteiger partial charge on any atom is 0.267 e. The van der Waals surface area contributed by atoms with Crippen LogP contribution in [0.3, 0.4) is 0 Å². The summed E-state index contributed by atoms with van der Waals surface area (Å²) < 4.78 is 1.51. The summed E-state index contributed by atoms with van der Waals surface area (Å²) in [5.74, 6) is -0.112. The zero-order valence-corrected chi connectivity index (χ0v) is 15.9. The van der Waals surface area contributed by atoms with E-state index in [2.05, 4.69) is 5.10 Å². The number of amides is 1. The fraction of sp³-hybridized carbons (Fsp3) is 0.261. The molecule has 0 fully saturated rings. The van der Waals surface area contributed by atoms with E-state index in [1.54, 1.807) is 6.07 Å². The van der Waals surface area contributed by atoms with Gasteiger partial charge in [0.2, 0.25) is 5.91 Å². The van der Waals surface area contributed by atoms with Gasteiger partial charge in [0.15, 0.2) is 0 Å². The van der Waals surface area contributed by atoms with Gasteiger partial charge in [0.05, 0.1) is 18.2 Å². The predicted octanol–water partition coefficient (Wildman–Crippen LogP) is 2.98. The summed E-state index contributed by atoms with van der Waals surface area (Å²) in [4.78, 5) is 27.3. The first-order chi connectivity index (χ1) is 13.6. The Kier molecular flexibility index (Phi) is 5.06. The fourth-order valence-corrected chi connectivity index (χ4v) is 3.65. The van der Waals surface area contributed by atoms with Gasteiger partial charge in [-0.05, 0) is 18.1 Å². The molecule has 4 rings (SSSR count). The first-order valence-electron chi connectivity index (χ1n) is 9.59. The first-order valence-corrected chi connectivity index (χ1v) is 9.59. The molecule has 5 nitrogen and oxygen atoms in total. The lowest BCUT2D eigenvalue weighted by molar-refractivity contribution is -0.133. The normalized spacial score (nSPS) is 14.4. The van der Waals surface area contributed by atoms with E-state index in [0.29, 0.717) is 26.1 Å². The van der Waals surface area contributed by atoms with Crippen molar-refractivity contribution in [3.05, 3.63) is 99.5 Å². The molecule has 142 valence electrons. The summed E-state index contributed by atoms with van der Waals surface area (Å²) >= 11 is 0. The quantitative estimate of drug-likeness (QED) is 0.706. The summed E-state index contributed by atoms with van der Waals surface area (Å²) in [6.45, 7) is 3.46. The van der Waals surface area contributed by atoms with E-state index in [9.17, 15) is 9.59 Å². The molecule has 0 saturated carbocycles. The minimum Gasteiger partial charge on any atom is -0.337 e. The molecular weight excluding hydrogens is 350 g/mol. The molecule has 2 heterocycles. The SMILES string of the molecule is C[C@H](C(=O)N1CCc2nn(Cc3ccccc3)c(=O)cc2C1)c1ccccc1. The number of benzene rings is 2. The average molecular weight is 373 g/mol. The molecule has 3 aromatic rings. The highest BCUT2D eigenvalue weighted by Crippen LogP contribution is 2.22. The molecule has 1 aliphatic heterocycles. The van der Waals surface area contributed by atoms with Crippen LogP contribution >= 0.6 is 0 Å². The summed E-state index contributed by atoms with van der Waals surface area (Å²) in [6, 6.07) is 21.3. The van der Waals surface area contributed by atoms with Crippen LogP contribution in [0.25, 0.3) is 0 Å². The van der Waals surface area contributed by atoms with E-state index in [1.807, 2.05) is 72.5 Å². The summed E-state index contributed by atoms with van der Waals surface area (Å²) in [5.41, 5.74) is 3.69. The number of nitrogens with zero attached hydrogens (tertiary/aromatic N) is 3. The van der Waals surface area contributed by atoms with Crippen LogP contribution in [-0.2, 0) is 24.3 Å². The smallest absolute Gasteiger partial charge is 0.267 e. The highest BCUT2D eigenvalue weighted by Gasteiger charge is 2.26. The molecule has 1 amide bonds. The van der Waals surface area contributed by atoms with Crippen molar-refractivity contribution in [1.29, 1.82) is 0 Å². The molecule has 1 aromatic heterocycles. The molecule has 1 atom stereocenters. The monoisotopic (exact) mass is 373 g/mol. The van der Waals surface area contributed by atoms with Gasteiger partial charge < -0.3 is 4.90 Å². The maximum atomic E-state index is 12.9. The zero-order valence-electron chi connectivity index (χ0n) is 15.9. The van der Waals surface area contributed by atoms with Crippen LogP contribution < -0.4 is 5.56 Å². The van der Waals surface area contributed by atoms with E-state index in [4.69, 9.17) is 0 Å². The number of carbonyl (C=O) groups excluding carboxylic acids is 1. The van der Waals surface area contributed by atoms with Crippen LogP contribution in [0.15, 0.2) is 71.5 Å². The van der Waals surface area contributed by atoms with Crippen LogP contribution in [0.2, 0.25) is 0 Å². The lowest BCUT2D eigenvalue weighted by Crippen LogP contribution is -2.40. The minimum atomic E-state index is -0.200. The van der Waals surface area contributed by atoms with Gasteiger partial charge in [0.25, 0.3) is 5.56 Å². The second-order valence-electron chi connectivity index (χ2n) is 7.24. The van der Waals surface area contributed by atoms with Crippen molar-refractivity contribution in [3.8, 4) is 0 Å². The van der Waals surface area contributed by atoms with E-state index in [1.165, 1.54) is 4.68 Å². The molecule has 0 N–H and O–H groups in total. The zero-order chi connectivity index (χ0) is 19.5. The van der Waals surface area contributed by atoms with E-state index in [-0.39, 0.29) is 17.4 Å². The van der Waals surface area contributed by atoms with Crippen molar-refractivity contribution in [2.75, 3.05) is 6.54 Å². The third-order valence-corrected chi connectivity index (χ3v) is 5.30. The molecule has 0 bridgehead atoms. The van der Waals surface area contributed by atoms with Crippen LogP contribution in [0.5, 0.6) is 0 Å². The van der Waals surface area contributed by atoms with Crippen LogP contribution in [-0.4, -0.2) is 27.1 Å². The molecule has 28 heavy (non-hydrogen) atoms.